The van der Waals surface area contributed by atoms with Crippen molar-refractivity contribution in [1.82, 2.24) is 24.8 Å². The maximum absolute atomic E-state index is 11.7. The van der Waals surface area contributed by atoms with Crippen LogP contribution in [-0.4, -0.2) is 58.1 Å². The first-order valence-corrected chi connectivity index (χ1v) is 5.82. The van der Waals surface area contributed by atoms with Gasteiger partial charge < -0.3 is 20.5 Å². The number of anilines is 2. The second kappa shape index (κ2) is 3.98. The number of hydrogen-bond acceptors (Lipinski definition) is 6. The Morgan fingerprint density at radius 3 is 2.61 bits per heavy atom. The number of nitrogens with two attached hydrogens (primary N) is 1. The highest BCUT2D eigenvalue weighted by Crippen LogP contribution is 2.14. The molecule has 0 radical (unpaired) electrons. The minimum atomic E-state index is -0.287. The zero-order valence-electron chi connectivity index (χ0n) is 10.1. The topological polar surface area (TPSA) is 107 Å². The smallest absolute Gasteiger partial charge is 0.278 e. The first-order valence-electron chi connectivity index (χ1n) is 5.82. The molecule has 0 amide bonds. The number of likely N-dealkylation sites (N-methyl/N-ethyl adjacent to an activating group) is 1. The van der Waals surface area contributed by atoms with Crippen LogP contribution in [0.3, 0.4) is 0 Å². The van der Waals surface area contributed by atoms with Gasteiger partial charge in [-0.15, -0.1) is 0 Å². The largest absolute Gasteiger partial charge is 0.369 e. The van der Waals surface area contributed by atoms with Gasteiger partial charge in [-0.2, -0.15) is 9.97 Å². The number of H-pyrrole nitrogens is 2. The van der Waals surface area contributed by atoms with Crippen molar-refractivity contribution in [2.24, 2.45) is 0 Å². The lowest BCUT2D eigenvalue weighted by Gasteiger charge is -2.31. The molecule has 1 saturated heterocycles. The normalized spacial score (nSPS) is 17.5. The zero-order valence-corrected chi connectivity index (χ0v) is 10.1. The van der Waals surface area contributed by atoms with E-state index >= 15 is 0 Å². The molecule has 0 bridgehead atoms. The summed E-state index contributed by atoms with van der Waals surface area (Å²) in [6.07, 6.45) is 0. The van der Waals surface area contributed by atoms with E-state index in [9.17, 15) is 4.79 Å². The Morgan fingerprint density at radius 1 is 1.17 bits per heavy atom. The predicted octanol–water partition coefficient (Wildman–Crippen LogP) is -1.02. The van der Waals surface area contributed by atoms with Crippen LogP contribution in [0.2, 0.25) is 0 Å². The Labute approximate surface area is 103 Å². The Morgan fingerprint density at radius 2 is 1.89 bits per heavy atom. The molecular weight excluding hydrogens is 234 g/mol. The molecule has 0 spiro atoms. The first-order chi connectivity index (χ1) is 8.63. The summed E-state index contributed by atoms with van der Waals surface area (Å²) in [5.74, 6) is 0.769. The molecule has 0 aliphatic carbocycles. The van der Waals surface area contributed by atoms with Gasteiger partial charge in [0, 0.05) is 26.2 Å². The SMILES string of the molecule is CN1CCN(c2nc3nc(N)[nH]c(=O)c3[nH]2)CC1. The number of hydrogen-bond donors (Lipinski definition) is 3. The molecule has 1 aliphatic heterocycles. The second-order valence-electron chi connectivity index (χ2n) is 4.50. The molecule has 0 saturated carbocycles. The van der Waals surface area contributed by atoms with Gasteiger partial charge in [-0.1, -0.05) is 0 Å². The van der Waals surface area contributed by atoms with E-state index in [1.54, 1.807) is 0 Å². The Kier molecular flexibility index (Phi) is 2.44. The third kappa shape index (κ3) is 1.80. The van der Waals surface area contributed by atoms with Gasteiger partial charge in [0.25, 0.3) is 5.56 Å². The van der Waals surface area contributed by atoms with Crippen LogP contribution in [0.5, 0.6) is 0 Å². The average molecular weight is 249 g/mol. The molecule has 8 heteroatoms. The van der Waals surface area contributed by atoms with E-state index in [0.29, 0.717) is 17.1 Å². The second-order valence-corrected chi connectivity index (χ2v) is 4.50. The average Bonchev–Trinajstić information content (AvgIpc) is 2.74. The highest BCUT2D eigenvalue weighted by molar-refractivity contribution is 5.73. The third-order valence-corrected chi connectivity index (χ3v) is 3.17. The number of nitrogens with zero attached hydrogens (tertiary/aromatic N) is 4. The number of rotatable bonds is 1. The lowest BCUT2D eigenvalue weighted by molar-refractivity contribution is 0.311. The molecule has 2 aromatic rings. The van der Waals surface area contributed by atoms with Gasteiger partial charge in [0.15, 0.2) is 11.2 Å². The number of imidazole rings is 1. The summed E-state index contributed by atoms with van der Waals surface area (Å²) in [5, 5.41) is 0. The third-order valence-electron chi connectivity index (χ3n) is 3.17. The van der Waals surface area contributed by atoms with Gasteiger partial charge >= 0.3 is 0 Å². The summed E-state index contributed by atoms with van der Waals surface area (Å²) < 4.78 is 0. The number of aromatic nitrogens is 4. The molecule has 3 heterocycles. The highest BCUT2D eigenvalue weighted by Gasteiger charge is 2.18. The Bertz CT molecular complexity index is 623. The fourth-order valence-corrected chi connectivity index (χ4v) is 2.08. The summed E-state index contributed by atoms with van der Waals surface area (Å²) in [6.45, 7) is 3.71. The molecule has 4 N–H and O–H groups in total. The summed E-state index contributed by atoms with van der Waals surface area (Å²) in [5.41, 5.74) is 5.94. The highest BCUT2D eigenvalue weighted by atomic mass is 16.1. The predicted molar refractivity (Wildman–Crippen MR) is 68.6 cm³/mol. The van der Waals surface area contributed by atoms with E-state index in [1.807, 2.05) is 0 Å². The van der Waals surface area contributed by atoms with Crippen LogP contribution in [0.25, 0.3) is 11.2 Å². The van der Waals surface area contributed by atoms with Crippen molar-refractivity contribution in [2.45, 2.75) is 0 Å². The van der Waals surface area contributed by atoms with Crippen LogP contribution < -0.4 is 16.2 Å². The van der Waals surface area contributed by atoms with Crippen molar-refractivity contribution in [2.75, 3.05) is 43.9 Å². The molecule has 96 valence electrons. The first kappa shape index (κ1) is 11.0. The number of fused-ring (bicyclic) bond motifs is 1. The standard InChI is InChI=1S/C10H15N7O/c1-16-2-4-17(5-3-16)10-12-6-7(14-10)13-9(11)15-8(6)18/h2-5H2,1H3,(H4,11,12,13,14,15,18). The van der Waals surface area contributed by atoms with Gasteiger partial charge in [0.2, 0.25) is 11.9 Å². The van der Waals surface area contributed by atoms with Gasteiger partial charge in [-0.05, 0) is 7.05 Å². The quantitative estimate of drug-likeness (QED) is 0.597. The van der Waals surface area contributed by atoms with Crippen molar-refractivity contribution in [3.8, 4) is 0 Å². The summed E-state index contributed by atoms with van der Waals surface area (Å²) >= 11 is 0. The van der Waals surface area contributed by atoms with Crippen molar-refractivity contribution in [3.63, 3.8) is 0 Å². The van der Waals surface area contributed by atoms with Crippen molar-refractivity contribution < 1.29 is 0 Å². The lowest BCUT2D eigenvalue weighted by atomic mass is 10.3. The molecule has 1 aliphatic rings. The molecule has 0 atom stereocenters. The van der Waals surface area contributed by atoms with E-state index in [4.69, 9.17) is 5.73 Å². The maximum Gasteiger partial charge on any atom is 0.278 e. The molecule has 8 nitrogen and oxygen atoms in total. The van der Waals surface area contributed by atoms with E-state index < -0.39 is 0 Å². The number of nitrogen functional groups attached to an aromatic ring is 1. The number of aromatic amines is 2. The molecule has 0 unspecified atom stereocenters. The van der Waals surface area contributed by atoms with E-state index in [-0.39, 0.29) is 11.5 Å². The summed E-state index contributed by atoms with van der Waals surface area (Å²) in [7, 11) is 2.09. The maximum atomic E-state index is 11.7. The number of nitrogens with one attached hydrogen (secondary N) is 2. The van der Waals surface area contributed by atoms with Crippen molar-refractivity contribution in [1.29, 1.82) is 0 Å². The molecule has 1 fully saturated rings. The minimum Gasteiger partial charge on any atom is -0.369 e. The van der Waals surface area contributed by atoms with Crippen LogP contribution in [0.15, 0.2) is 4.79 Å². The molecule has 3 rings (SSSR count). The molecular formula is C10H15N7O. The fraction of sp³-hybridized carbons (Fsp3) is 0.500. The van der Waals surface area contributed by atoms with Crippen LogP contribution in [0.1, 0.15) is 0 Å². The van der Waals surface area contributed by atoms with E-state index in [2.05, 4.69) is 36.8 Å². The van der Waals surface area contributed by atoms with Gasteiger partial charge in [0.1, 0.15) is 0 Å². The van der Waals surface area contributed by atoms with Crippen LogP contribution in [-0.2, 0) is 0 Å². The van der Waals surface area contributed by atoms with E-state index in [0.717, 1.165) is 26.2 Å². The van der Waals surface area contributed by atoms with Crippen molar-refractivity contribution in [3.05, 3.63) is 10.4 Å². The van der Waals surface area contributed by atoms with Crippen LogP contribution >= 0.6 is 0 Å². The Balaban J connectivity index is 1.98. The van der Waals surface area contributed by atoms with E-state index in [1.165, 1.54) is 0 Å². The Hall–Kier alpha value is -2.09. The van der Waals surface area contributed by atoms with Crippen LogP contribution in [0.4, 0.5) is 11.9 Å². The number of piperazine rings is 1. The van der Waals surface area contributed by atoms with Gasteiger partial charge in [0.05, 0.1) is 0 Å². The molecule has 0 aromatic carbocycles. The van der Waals surface area contributed by atoms with Crippen LogP contribution in [0, 0.1) is 0 Å². The summed E-state index contributed by atoms with van der Waals surface area (Å²) in [4.78, 5) is 29.8. The summed E-state index contributed by atoms with van der Waals surface area (Å²) in [6, 6.07) is 0. The van der Waals surface area contributed by atoms with Gasteiger partial charge in [-0.25, -0.2) is 0 Å². The minimum absolute atomic E-state index is 0.0870. The van der Waals surface area contributed by atoms with Crippen molar-refractivity contribution >= 4 is 23.1 Å². The monoisotopic (exact) mass is 249 g/mol. The molecule has 18 heavy (non-hydrogen) atoms. The zero-order chi connectivity index (χ0) is 12.7. The fourth-order valence-electron chi connectivity index (χ4n) is 2.08. The molecule has 2 aromatic heterocycles. The lowest BCUT2D eigenvalue weighted by Crippen LogP contribution is -2.44. The van der Waals surface area contributed by atoms with Gasteiger partial charge in [-0.3, -0.25) is 9.78 Å².